The fraction of sp³-hybridized carbons (Fsp3) is 0.875. The molecule has 2 rings (SSSR count). The molecule has 0 radical (unpaired) electrons. The number of hydrogen-bond donors (Lipinski definition) is 0. The molecule has 0 amide bonds. The average molecular weight is 200 g/mol. The fourth-order valence-electron chi connectivity index (χ4n) is 2.16. The van der Waals surface area contributed by atoms with Crippen molar-refractivity contribution in [2.75, 3.05) is 18.8 Å². The molecule has 0 aromatic heterocycles. The van der Waals surface area contributed by atoms with Crippen LogP contribution in [0.5, 0.6) is 0 Å². The van der Waals surface area contributed by atoms with E-state index in [9.17, 15) is 8.42 Å². The highest BCUT2D eigenvalue weighted by Crippen LogP contribution is 2.25. The third kappa shape index (κ3) is 1.45. The molecule has 2 fully saturated rings. The quantitative estimate of drug-likeness (QED) is 0.542. The Labute approximate surface area is 78.1 Å². The van der Waals surface area contributed by atoms with Gasteiger partial charge in [0.25, 0.3) is 0 Å². The molecule has 0 spiro atoms. The van der Waals surface area contributed by atoms with Gasteiger partial charge in [0.15, 0.2) is 15.1 Å². The first-order valence-corrected chi connectivity index (χ1v) is 6.20. The molecule has 2 saturated heterocycles. The number of hydrogen-bond acceptors (Lipinski definition) is 4. The third-order valence-corrected chi connectivity index (χ3v) is 4.87. The smallest absolute Gasteiger partial charge is 0.169 e. The minimum Gasteiger partial charge on any atom is -0.297 e. The summed E-state index contributed by atoms with van der Waals surface area (Å²) in [4.78, 5) is 2.13. The molecule has 2 aliphatic rings. The van der Waals surface area contributed by atoms with Crippen molar-refractivity contribution < 1.29 is 8.42 Å². The van der Waals surface area contributed by atoms with E-state index in [0.717, 1.165) is 19.4 Å². The summed E-state index contributed by atoms with van der Waals surface area (Å²) in [6, 6.07) is 2.07. The van der Waals surface area contributed by atoms with Gasteiger partial charge in [-0.05, 0) is 19.4 Å². The lowest BCUT2D eigenvalue weighted by Gasteiger charge is -2.31. The first kappa shape index (κ1) is 8.97. The summed E-state index contributed by atoms with van der Waals surface area (Å²) in [6.45, 7) is 1.38. The highest BCUT2D eigenvalue weighted by Gasteiger charge is 2.40. The van der Waals surface area contributed by atoms with Crippen LogP contribution in [0.3, 0.4) is 0 Å². The molecule has 2 atom stereocenters. The molecule has 13 heavy (non-hydrogen) atoms. The van der Waals surface area contributed by atoms with Crippen LogP contribution in [0.1, 0.15) is 12.8 Å². The summed E-state index contributed by atoms with van der Waals surface area (Å²) in [5.74, 6) is 0.186. The Bertz CT molecular complexity index is 344. The Kier molecular flexibility index (Phi) is 2.05. The predicted octanol–water partition coefficient (Wildman–Crippen LogP) is -0.229. The standard InChI is InChI=1S/C8H12N2O2S/c9-4-8-5-10-3-1-2-7(10)6-13(8,11)12/h7-8H,1-3,5-6H2/t7-,8?/m0/s1. The van der Waals surface area contributed by atoms with E-state index in [4.69, 9.17) is 5.26 Å². The van der Waals surface area contributed by atoms with Gasteiger partial charge in [0, 0.05) is 12.6 Å². The maximum Gasteiger partial charge on any atom is 0.169 e. The summed E-state index contributed by atoms with van der Waals surface area (Å²) >= 11 is 0. The molecule has 0 aromatic carbocycles. The van der Waals surface area contributed by atoms with Crippen molar-refractivity contribution >= 4 is 9.84 Å². The maximum atomic E-state index is 11.5. The Morgan fingerprint density at radius 2 is 2.23 bits per heavy atom. The van der Waals surface area contributed by atoms with Crippen LogP contribution in [0.15, 0.2) is 0 Å². The van der Waals surface area contributed by atoms with Gasteiger partial charge in [-0.15, -0.1) is 0 Å². The largest absolute Gasteiger partial charge is 0.297 e. The molecule has 1 unspecified atom stereocenters. The average Bonchev–Trinajstić information content (AvgIpc) is 2.47. The van der Waals surface area contributed by atoms with Gasteiger partial charge < -0.3 is 0 Å². The lowest BCUT2D eigenvalue weighted by Crippen LogP contribution is -2.49. The van der Waals surface area contributed by atoms with Gasteiger partial charge in [0.05, 0.1) is 11.8 Å². The molecular weight excluding hydrogens is 188 g/mol. The van der Waals surface area contributed by atoms with Crippen LogP contribution in [0, 0.1) is 11.3 Å². The van der Waals surface area contributed by atoms with E-state index >= 15 is 0 Å². The van der Waals surface area contributed by atoms with Crippen LogP contribution < -0.4 is 0 Å². The van der Waals surface area contributed by atoms with Gasteiger partial charge in [0.2, 0.25) is 0 Å². The Hall–Kier alpha value is -0.600. The number of rotatable bonds is 0. The SMILES string of the molecule is N#CC1CN2CCC[C@H]2CS1(=O)=O. The Morgan fingerprint density at radius 3 is 2.92 bits per heavy atom. The normalized spacial score (nSPS) is 38.1. The van der Waals surface area contributed by atoms with E-state index in [1.807, 2.05) is 6.07 Å². The molecule has 0 aromatic rings. The molecule has 72 valence electrons. The Balaban J connectivity index is 2.24. The summed E-state index contributed by atoms with van der Waals surface area (Å²) in [5.41, 5.74) is 0. The second-order valence-electron chi connectivity index (χ2n) is 3.74. The molecular formula is C8H12N2O2S. The fourth-order valence-corrected chi connectivity index (χ4v) is 3.88. The number of sulfone groups is 1. The van der Waals surface area contributed by atoms with Crippen molar-refractivity contribution in [3.8, 4) is 6.07 Å². The summed E-state index contributed by atoms with van der Waals surface area (Å²) in [5, 5.41) is 7.90. The number of nitrogens with zero attached hydrogens (tertiary/aromatic N) is 2. The van der Waals surface area contributed by atoms with E-state index < -0.39 is 15.1 Å². The van der Waals surface area contributed by atoms with Crippen molar-refractivity contribution in [1.82, 2.24) is 4.90 Å². The minimum atomic E-state index is -3.13. The summed E-state index contributed by atoms with van der Waals surface area (Å²) in [7, 11) is -3.13. The maximum absolute atomic E-state index is 11.5. The second kappa shape index (κ2) is 2.96. The van der Waals surface area contributed by atoms with Crippen molar-refractivity contribution in [2.45, 2.75) is 24.1 Å². The third-order valence-electron chi connectivity index (χ3n) is 2.90. The second-order valence-corrected chi connectivity index (χ2v) is 5.97. The lowest BCUT2D eigenvalue weighted by molar-refractivity contribution is 0.264. The monoisotopic (exact) mass is 200 g/mol. The molecule has 2 heterocycles. The van der Waals surface area contributed by atoms with E-state index in [1.165, 1.54) is 0 Å². The van der Waals surface area contributed by atoms with E-state index in [0.29, 0.717) is 6.54 Å². The summed E-state index contributed by atoms with van der Waals surface area (Å²) in [6.07, 6.45) is 2.04. The number of nitriles is 1. The zero-order valence-electron chi connectivity index (χ0n) is 7.31. The first-order chi connectivity index (χ1) is 6.13. The van der Waals surface area contributed by atoms with Gasteiger partial charge in [-0.2, -0.15) is 5.26 Å². The van der Waals surface area contributed by atoms with Crippen LogP contribution in [-0.4, -0.2) is 43.5 Å². The molecule has 0 aliphatic carbocycles. The molecule has 0 N–H and O–H groups in total. The van der Waals surface area contributed by atoms with Crippen LogP contribution in [0.2, 0.25) is 0 Å². The van der Waals surface area contributed by atoms with Crippen LogP contribution in [0.4, 0.5) is 0 Å². The first-order valence-electron chi connectivity index (χ1n) is 4.49. The van der Waals surface area contributed by atoms with Gasteiger partial charge in [-0.3, -0.25) is 4.90 Å². The van der Waals surface area contributed by atoms with Crippen molar-refractivity contribution in [1.29, 1.82) is 5.26 Å². The van der Waals surface area contributed by atoms with Crippen LogP contribution in [0.25, 0.3) is 0 Å². The zero-order chi connectivity index (χ0) is 9.47. The number of fused-ring (bicyclic) bond motifs is 1. The van der Waals surface area contributed by atoms with Gasteiger partial charge in [0.1, 0.15) is 0 Å². The van der Waals surface area contributed by atoms with Gasteiger partial charge in [-0.25, -0.2) is 8.42 Å². The van der Waals surface area contributed by atoms with Crippen LogP contribution >= 0.6 is 0 Å². The highest BCUT2D eigenvalue weighted by atomic mass is 32.2. The topological polar surface area (TPSA) is 61.2 Å². The van der Waals surface area contributed by atoms with Crippen LogP contribution in [-0.2, 0) is 9.84 Å². The van der Waals surface area contributed by atoms with E-state index in [-0.39, 0.29) is 11.8 Å². The van der Waals surface area contributed by atoms with Crippen molar-refractivity contribution in [3.63, 3.8) is 0 Å². The molecule has 5 heteroatoms. The predicted molar refractivity (Wildman–Crippen MR) is 47.8 cm³/mol. The van der Waals surface area contributed by atoms with E-state index in [1.54, 1.807) is 0 Å². The zero-order valence-corrected chi connectivity index (χ0v) is 8.13. The minimum absolute atomic E-state index is 0.186. The molecule has 2 aliphatic heterocycles. The van der Waals surface area contributed by atoms with Crippen molar-refractivity contribution in [3.05, 3.63) is 0 Å². The van der Waals surface area contributed by atoms with E-state index in [2.05, 4.69) is 4.90 Å². The molecule has 4 nitrogen and oxygen atoms in total. The molecule has 0 saturated carbocycles. The lowest BCUT2D eigenvalue weighted by atomic mass is 10.2. The van der Waals surface area contributed by atoms with Crippen molar-refractivity contribution in [2.24, 2.45) is 0 Å². The Morgan fingerprint density at radius 1 is 1.46 bits per heavy atom. The molecule has 0 bridgehead atoms. The van der Waals surface area contributed by atoms with Gasteiger partial charge in [-0.1, -0.05) is 0 Å². The summed E-state index contributed by atoms with van der Waals surface area (Å²) < 4.78 is 23.0. The highest BCUT2D eigenvalue weighted by molar-refractivity contribution is 7.92. The van der Waals surface area contributed by atoms with Gasteiger partial charge >= 0.3 is 0 Å².